The fourth-order valence-electron chi connectivity index (χ4n) is 2.59. The molecule has 0 fully saturated rings. The molecule has 1 aromatic heterocycles. The van der Waals surface area contributed by atoms with Gasteiger partial charge in [-0.1, -0.05) is 23.8 Å². The molecule has 0 radical (unpaired) electrons. The highest BCUT2D eigenvalue weighted by Gasteiger charge is 2.19. The third-order valence-corrected chi connectivity index (χ3v) is 3.61. The standard InChI is InChI=1S/C16H16N2O/c1-10-6-7-12(11(2)8-10)16-17-9-13-14(18-16)4-3-5-15(13)19/h6-9H,3-5H2,1-2H3. The lowest BCUT2D eigenvalue weighted by atomic mass is 9.96. The van der Waals surface area contributed by atoms with Crippen LogP contribution in [0.3, 0.4) is 0 Å². The number of nitrogens with zero attached hydrogens (tertiary/aromatic N) is 2. The monoisotopic (exact) mass is 252 g/mol. The fourth-order valence-corrected chi connectivity index (χ4v) is 2.59. The maximum atomic E-state index is 11.8. The Morgan fingerprint density at radius 1 is 1.11 bits per heavy atom. The molecule has 0 unspecified atom stereocenters. The normalized spacial score (nSPS) is 14.3. The fraction of sp³-hybridized carbons (Fsp3) is 0.312. The summed E-state index contributed by atoms with van der Waals surface area (Å²) in [6, 6.07) is 6.25. The van der Waals surface area contributed by atoms with Crippen LogP contribution in [0.25, 0.3) is 11.4 Å². The van der Waals surface area contributed by atoms with E-state index in [1.165, 1.54) is 11.1 Å². The number of hydrogen-bond acceptors (Lipinski definition) is 3. The maximum Gasteiger partial charge on any atom is 0.166 e. The summed E-state index contributed by atoms with van der Waals surface area (Å²) in [5.74, 6) is 0.902. The van der Waals surface area contributed by atoms with Crippen LogP contribution >= 0.6 is 0 Å². The predicted octanol–water partition coefficient (Wildman–Crippen LogP) is 3.28. The Kier molecular flexibility index (Phi) is 2.90. The quantitative estimate of drug-likeness (QED) is 0.782. The molecular formula is C16H16N2O. The zero-order chi connectivity index (χ0) is 13.4. The highest BCUT2D eigenvalue weighted by atomic mass is 16.1. The Labute approximate surface area is 112 Å². The van der Waals surface area contributed by atoms with Gasteiger partial charge in [0.15, 0.2) is 11.6 Å². The molecule has 3 rings (SSSR count). The lowest BCUT2D eigenvalue weighted by Crippen LogP contribution is -2.14. The van der Waals surface area contributed by atoms with E-state index in [9.17, 15) is 4.79 Å². The molecule has 1 aliphatic rings. The summed E-state index contributed by atoms with van der Waals surface area (Å²) >= 11 is 0. The summed E-state index contributed by atoms with van der Waals surface area (Å²) in [6.45, 7) is 4.14. The molecule has 0 saturated heterocycles. The van der Waals surface area contributed by atoms with Gasteiger partial charge >= 0.3 is 0 Å². The first-order valence-electron chi connectivity index (χ1n) is 6.62. The Hall–Kier alpha value is -2.03. The van der Waals surface area contributed by atoms with E-state index < -0.39 is 0 Å². The Balaban J connectivity index is 2.09. The van der Waals surface area contributed by atoms with Gasteiger partial charge in [0, 0.05) is 18.2 Å². The van der Waals surface area contributed by atoms with Gasteiger partial charge in [-0.15, -0.1) is 0 Å². The number of ketones is 1. The van der Waals surface area contributed by atoms with Crippen molar-refractivity contribution in [3.05, 3.63) is 46.8 Å². The zero-order valence-electron chi connectivity index (χ0n) is 11.2. The number of fused-ring (bicyclic) bond motifs is 1. The molecule has 0 bridgehead atoms. The number of carbonyl (C=O) groups excluding carboxylic acids is 1. The summed E-state index contributed by atoms with van der Waals surface area (Å²) in [5, 5.41) is 0. The smallest absolute Gasteiger partial charge is 0.166 e. The van der Waals surface area contributed by atoms with Crippen molar-refractivity contribution < 1.29 is 4.79 Å². The Morgan fingerprint density at radius 3 is 2.74 bits per heavy atom. The van der Waals surface area contributed by atoms with Crippen LogP contribution in [0.1, 0.15) is 40.0 Å². The minimum absolute atomic E-state index is 0.174. The van der Waals surface area contributed by atoms with E-state index in [2.05, 4.69) is 42.0 Å². The summed E-state index contributed by atoms with van der Waals surface area (Å²) in [6.07, 6.45) is 4.09. The number of aromatic nitrogens is 2. The number of carbonyl (C=O) groups is 1. The van der Waals surface area contributed by atoms with Crippen LogP contribution in [0.5, 0.6) is 0 Å². The SMILES string of the molecule is Cc1ccc(-c2ncc3c(n2)CCCC3=O)c(C)c1. The molecule has 19 heavy (non-hydrogen) atoms. The van der Waals surface area contributed by atoms with Crippen LogP contribution in [-0.2, 0) is 6.42 Å². The van der Waals surface area contributed by atoms with E-state index in [1.807, 2.05) is 0 Å². The first-order chi connectivity index (χ1) is 9.15. The van der Waals surface area contributed by atoms with Gasteiger partial charge in [0.2, 0.25) is 0 Å². The van der Waals surface area contributed by atoms with Crippen LogP contribution in [0.15, 0.2) is 24.4 Å². The van der Waals surface area contributed by atoms with Gasteiger partial charge in [0.25, 0.3) is 0 Å². The van der Waals surface area contributed by atoms with Crippen molar-refractivity contribution in [1.29, 1.82) is 0 Å². The van der Waals surface area contributed by atoms with Crippen LogP contribution in [0, 0.1) is 13.8 Å². The van der Waals surface area contributed by atoms with Crippen molar-refractivity contribution in [2.24, 2.45) is 0 Å². The first kappa shape index (κ1) is 12.0. The van der Waals surface area contributed by atoms with Gasteiger partial charge in [0.05, 0.1) is 11.3 Å². The molecule has 3 nitrogen and oxygen atoms in total. The van der Waals surface area contributed by atoms with Gasteiger partial charge in [-0.25, -0.2) is 9.97 Å². The van der Waals surface area contributed by atoms with Gasteiger partial charge < -0.3 is 0 Å². The van der Waals surface area contributed by atoms with Gasteiger partial charge in [-0.3, -0.25) is 4.79 Å². The second-order valence-electron chi connectivity index (χ2n) is 5.15. The van der Waals surface area contributed by atoms with E-state index in [1.54, 1.807) is 6.20 Å². The van der Waals surface area contributed by atoms with Crippen molar-refractivity contribution in [3.8, 4) is 11.4 Å². The average Bonchev–Trinajstić information content (AvgIpc) is 2.38. The van der Waals surface area contributed by atoms with E-state index >= 15 is 0 Å². The average molecular weight is 252 g/mol. The van der Waals surface area contributed by atoms with Gasteiger partial charge in [0.1, 0.15) is 0 Å². The molecule has 0 spiro atoms. The predicted molar refractivity (Wildman–Crippen MR) is 74.2 cm³/mol. The van der Waals surface area contributed by atoms with Gasteiger partial charge in [-0.2, -0.15) is 0 Å². The summed E-state index contributed by atoms with van der Waals surface area (Å²) in [7, 11) is 0. The number of Topliss-reactive ketones (excluding diaryl/α,β-unsaturated/α-hetero) is 1. The Morgan fingerprint density at radius 2 is 1.95 bits per heavy atom. The number of benzene rings is 1. The largest absolute Gasteiger partial charge is 0.294 e. The van der Waals surface area contributed by atoms with E-state index in [0.717, 1.165) is 29.9 Å². The zero-order valence-corrected chi connectivity index (χ0v) is 11.2. The molecule has 1 aliphatic carbocycles. The highest BCUT2D eigenvalue weighted by molar-refractivity contribution is 5.97. The molecule has 3 heteroatoms. The third kappa shape index (κ3) is 2.16. The van der Waals surface area contributed by atoms with Crippen LogP contribution < -0.4 is 0 Å². The second kappa shape index (κ2) is 4.57. The van der Waals surface area contributed by atoms with Crippen LogP contribution in [0.4, 0.5) is 0 Å². The number of hydrogen-bond donors (Lipinski definition) is 0. The maximum absolute atomic E-state index is 11.8. The van der Waals surface area contributed by atoms with E-state index in [-0.39, 0.29) is 5.78 Å². The van der Waals surface area contributed by atoms with E-state index in [4.69, 9.17) is 0 Å². The van der Waals surface area contributed by atoms with Crippen LogP contribution in [0.2, 0.25) is 0 Å². The molecule has 2 aromatic rings. The van der Waals surface area contributed by atoms with E-state index in [0.29, 0.717) is 12.0 Å². The van der Waals surface area contributed by atoms with Crippen molar-refractivity contribution in [3.63, 3.8) is 0 Å². The molecular weight excluding hydrogens is 236 g/mol. The lowest BCUT2D eigenvalue weighted by Gasteiger charge is -2.14. The summed E-state index contributed by atoms with van der Waals surface area (Å²) in [4.78, 5) is 20.7. The molecule has 1 heterocycles. The molecule has 0 N–H and O–H groups in total. The molecule has 1 aromatic carbocycles. The van der Waals surface area contributed by atoms with Crippen LogP contribution in [-0.4, -0.2) is 15.8 Å². The summed E-state index contributed by atoms with van der Waals surface area (Å²) < 4.78 is 0. The molecule has 0 saturated carbocycles. The molecule has 0 aliphatic heterocycles. The molecule has 0 atom stereocenters. The topological polar surface area (TPSA) is 42.9 Å². The van der Waals surface area contributed by atoms with Crippen molar-refractivity contribution in [1.82, 2.24) is 9.97 Å². The third-order valence-electron chi connectivity index (χ3n) is 3.61. The lowest BCUT2D eigenvalue weighted by molar-refractivity contribution is 0.0971. The summed E-state index contributed by atoms with van der Waals surface area (Å²) in [5.41, 5.74) is 5.06. The highest BCUT2D eigenvalue weighted by Crippen LogP contribution is 2.24. The minimum Gasteiger partial charge on any atom is -0.294 e. The van der Waals surface area contributed by atoms with Crippen molar-refractivity contribution >= 4 is 5.78 Å². The van der Waals surface area contributed by atoms with Crippen molar-refractivity contribution in [2.75, 3.05) is 0 Å². The van der Waals surface area contributed by atoms with Crippen molar-refractivity contribution in [2.45, 2.75) is 33.1 Å². The number of rotatable bonds is 1. The number of aryl methyl sites for hydroxylation is 3. The first-order valence-corrected chi connectivity index (χ1v) is 6.62. The molecule has 0 amide bonds. The second-order valence-corrected chi connectivity index (χ2v) is 5.15. The minimum atomic E-state index is 0.174. The Bertz CT molecular complexity index is 662. The molecule has 96 valence electrons. The van der Waals surface area contributed by atoms with Gasteiger partial charge in [-0.05, 0) is 32.3 Å².